The van der Waals surface area contributed by atoms with Gasteiger partial charge in [-0.2, -0.15) is 0 Å². The van der Waals surface area contributed by atoms with Crippen molar-refractivity contribution in [2.24, 2.45) is 0 Å². The molecule has 1 rings (SSSR count). The molecule has 0 heterocycles. The molecule has 33 heavy (non-hydrogen) atoms. The van der Waals surface area contributed by atoms with E-state index < -0.39 is 11.2 Å². The van der Waals surface area contributed by atoms with Crippen LogP contribution in [0.5, 0.6) is 5.75 Å². The van der Waals surface area contributed by atoms with E-state index in [4.69, 9.17) is 14.2 Å². The Kier molecular flexibility index (Phi) is 12.9. The second-order valence-electron chi connectivity index (χ2n) is 7.13. The molecule has 0 saturated heterocycles. The summed E-state index contributed by atoms with van der Waals surface area (Å²) in [6.07, 6.45) is 0.0816. The predicted octanol–water partition coefficient (Wildman–Crippen LogP) is 1.17. The van der Waals surface area contributed by atoms with Gasteiger partial charge in [0.15, 0.2) is 6.10 Å². The van der Waals surface area contributed by atoms with Crippen LogP contribution in [0.2, 0.25) is 0 Å². The minimum absolute atomic E-state index is 0.00821. The fourth-order valence-corrected chi connectivity index (χ4v) is 2.74. The molecular weight excluding hydrogens is 440 g/mol. The molecule has 12 heteroatoms. The predicted molar refractivity (Wildman–Crippen MR) is 114 cm³/mol. The Balaban J connectivity index is 2.57. The van der Waals surface area contributed by atoms with Crippen molar-refractivity contribution < 1.29 is 43.3 Å². The van der Waals surface area contributed by atoms with Gasteiger partial charge in [-0.05, 0) is 38.0 Å². The molecule has 0 aliphatic carbocycles. The van der Waals surface area contributed by atoms with Crippen LogP contribution in [0.4, 0.5) is 0 Å². The Hall–Kier alpha value is -3.41. The largest absolute Gasteiger partial charge is 0.490 e. The zero-order valence-corrected chi connectivity index (χ0v) is 19.0. The highest BCUT2D eigenvalue weighted by Gasteiger charge is 2.23. The summed E-state index contributed by atoms with van der Waals surface area (Å²) in [5, 5.41) is 9.16. The molecule has 1 aromatic rings. The number of esters is 1. The average Bonchev–Trinajstić information content (AvgIpc) is 2.79. The maximum atomic E-state index is 12.5. The highest BCUT2D eigenvalue weighted by atomic mass is 17.0. The lowest BCUT2D eigenvalue weighted by Gasteiger charge is -2.30. The summed E-state index contributed by atoms with van der Waals surface area (Å²) in [4.78, 5) is 50.3. The molecule has 1 atom stereocenters. The second-order valence-corrected chi connectivity index (χ2v) is 7.13. The minimum Gasteiger partial charge on any atom is -0.490 e. The van der Waals surface area contributed by atoms with E-state index in [2.05, 4.69) is 9.57 Å². The van der Waals surface area contributed by atoms with Gasteiger partial charge in [-0.25, -0.2) is 0 Å². The van der Waals surface area contributed by atoms with Gasteiger partial charge in [0.05, 0.1) is 20.3 Å². The van der Waals surface area contributed by atoms with Crippen LogP contribution in [-0.2, 0) is 39.9 Å². The van der Waals surface area contributed by atoms with E-state index in [-0.39, 0.29) is 57.3 Å². The summed E-state index contributed by atoms with van der Waals surface area (Å²) in [5.74, 6) is -0.128. The number of nitrogens with zero attached hydrogens (tertiary/aromatic N) is 2. The van der Waals surface area contributed by atoms with E-state index in [1.165, 1.54) is 12.0 Å². The third-order valence-electron chi connectivity index (χ3n) is 4.45. The average molecular weight is 470 g/mol. The lowest BCUT2D eigenvalue weighted by molar-refractivity contribution is -0.758. The Labute approximate surface area is 191 Å². The molecule has 0 aliphatic heterocycles. The van der Waals surface area contributed by atoms with Gasteiger partial charge in [0.2, 0.25) is 5.91 Å². The van der Waals surface area contributed by atoms with E-state index in [9.17, 15) is 24.5 Å². The van der Waals surface area contributed by atoms with Crippen LogP contribution in [0.15, 0.2) is 24.3 Å². The van der Waals surface area contributed by atoms with Crippen molar-refractivity contribution in [3.8, 4) is 5.75 Å². The molecule has 0 aliphatic rings. The third-order valence-corrected chi connectivity index (χ3v) is 4.45. The number of rotatable bonds is 17. The van der Waals surface area contributed by atoms with E-state index in [1.807, 2.05) is 12.1 Å². The monoisotopic (exact) mass is 470 g/mol. The van der Waals surface area contributed by atoms with Crippen molar-refractivity contribution >= 4 is 18.3 Å². The first-order chi connectivity index (χ1) is 15.8. The van der Waals surface area contributed by atoms with Crippen LogP contribution in [0, 0.1) is 10.1 Å². The molecule has 0 fully saturated rings. The maximum absolute atomic E-state index is 12.5. The standard InChI is InChI=1S/C21H30N2O10/c1-16(2)22(20(25)14-30-10-11-33-23(27)28)12-19(32-15-24)13-31-18-7-4-17(5-8-18)6-9-21(26)29-3/h4-5,7-8,15-16,19H,6,9-14H2,1-3H3. The molecule has 0 N–H and O–H groups in total. The Bertz CT molecular complexity index is 754. The normalized spacial score (nSPS) is 11.4. The van der Waals surface area contributed by atoms with Gasteiger partial charge in [0, 0.05) is 12.5 Å². The van der Waals surface area contributed by atoms with Gasteiger partial charge in [0.1, 0.15) is 25.6 Å². The molecule has 0 saturated carbocycles. The first-order valence-corrected chi connectivity index (χ1v) is 10.3. The smallest absolute Gasteiger partial charge is 0.305 e. The molecule has 0 radical (unpaired) electrons. The SMILES string of the molecule is COC(=O)CCc1ccc(OCC(CN(C(=O)COCCO[N+](=O)[O-])C(C)C)OC=O)cc1. The van der Waals surface area contributed by atoms with Crippen molar-refractivity contribution in [1.29, 1.82) is 0 Å². The molecular formula is C21H30N2O10. The number of ether oxygens (including phenoxy) is 4. The van der Waals surface area contributed by atoms with E-state index in [1.54, 1.807) is 26.0 Å². The number of hydrogen-bond donors (Lipinski definition) is 0. The quantitative estimate of drug-likeness (QED) is 0.107. The van der Waals surface area contributed by atoms with Gasteiger partial charge in [-0.15, -0.1) is 10.1 Å². The van der Waals surface area contributed by atoms with Crippen molar-refractivity contribution in [3.63, 3.8) is 0 Å². The lowest BCUT2D eigenvalue weighted by Crippen LogP contribution is -2.46. The van der Waals surface area contributed by atoms with E-state index >= 15 is 0 Å². The first-order valence-electron chi connectivity index (χ1n) is 10.3. The zero-order chi connectivity index (χ0) is 24.6. The van der Waals surface area contributed by atoms with Crippen LogP contribution in [0.25, 0.3) is 0 Å². The van der Waals surface area contributed by atoms with Crippen LogP contribution >= 0.6 is 0 Å². The van der Waals surface area contributed by atoms with Gasteiger partial charge in [-0.1, -0.05) is 12.1 Å². The molecule has 1 unspecified atom stereocenters. The Morgan fingerprint density at radius 2 is 1.88 bits per heavy atom. The number of carbonyl (C=O) groups is 3. The van der Waals surface area contributed by atoms with Crippen molar-refractivity contribution in [2.45, 2.75) is 38.8 Å². The number of amides is 1. The molecule has 1 amide bonds. The molecule has 0 bridgehead atoms. The van der Waals surface area contributed by atoms with Crippen molar-refractivity contribution in [1.82, 2.24) is 4.90 Å². The summed E-state index contributed by atoms with van der Waals surface area (Å²) in [5.41, 5.74) is 0.939. The van der Waals surface area contributed by atoms with Crippen molar-refractivity contribution in [3.05, 3.63) is 39.9 Å². The van der Waals surface area contributed by atoms with Crippen LogP contribution < -0.4 is 4.74 Å². The van der Waals surface area contributed by atoms with Gasteiger partial charge < -0.3 is 28.7 Å². The number of aryl methyl sites for hydroxylation is 1. The van der Waals surface area contributed by atoms with Gasteiger partial charge in [0.25, 0.3) is 11.6 Å². The Morgan fingerprint density at radius 1 is 1.18 bits per heavy atom. The number of hydrogen-bond acceptors (Lipinski definition) is 10. The number of methoxy groups -OCH3 is 1. The summed E-state index contributed by atoms with van der Waals surface area (Å²) >= 11 is 0. The molecule has 184 valence electrons. The van der Waals surface area contributed by atoms with E-state index in [0.717, 1.165) is 5.56 Å². The van der Waals surface area contributed by atoms with Gasteiger partial charge in [-0.3, -0.25) is 14.4 Å². The number of benzene rings is 1. The maximum Gasteiger partial charge on any atom is 0.305 e. The zero-order valence-electron chi connectivity index (χ0n) is 19.0. The Morgan fingerprint density at radius 3 is 2.45 bits per heavy atom. The molecule has 0 aromatic heterocycles. The molecule has 12 nitrogen and oxygen atoms in total. The van der Waals surface area contributed by atoms with Gasteiger partial charge >= 0.3 is 5.97 Å². The summed E-state index contributed by atoms with van der Waals surface area (Å²) in [6.45, 7) is 3.24. The van der Waals surface area contributed by atoms with Crippen molar-refractivity contribution in [2.75, 3.05) is 40.1 Å². The topological polar surface area (TPSA) is 144 Å². The molecule has 1 aromatic carbocycles. The van der Waals surface area contributed by atoms with Crippen LogP contribution in [-0.4, -0.2) is 80.6 Å². The summed E-state index contributed by atoms with van der Waals surface area (Å²) < 4.78 is 20.5. The fourth-order valence-electron chi connectivity index (χ4n) is 2.74. The van der Waals surface area contributed by atoms with Crippen LogP contribution in [0.1, 0.15) is 25.8 Å². The van der Waals surface area contributed by atoms with E-state index in [0.29, 0.717) is 18.6 Å². The fraction of sp³-hybridized carbons (Fsp3) is 0.571. The molecule has 0 spiro atoms. The second kappa shape index (κ2) is 15.4. The van der Waals surface area contributed by atoms with Crippen LogP contribution in [0.3, 0.4) is 0 Å². The highest BCUT2D eigenvalue weighted by molar-refractivity contribution is 5.77. The third kappa shape index (κ3) is 11.7. The lowest BCUT2D eigenvalue weighted by atomic mass is 10.1. The highest BCUT2D eigenvalue weighted by Crippen LogP contribution is 2.15. The number of carbonyl (C=O) groups excluding carboxylic acids is 3. The minimum atomic E-state index is -0.942. The summed E-state index contributed by atoms with van der Waals surface area (Å²) in [7, 11) is 1.34. The first kappa shape index (κ1) is 27.6. The summed E-state index contributed by atoms with van der Waals surface area (Å²) in [6, 6.07) is 6.88.